The smallest absolute Gasteiger partial charge is 0.164 e. The summed E-state index contributed by atoms with van der Waals surface area (Å²) in [5, 5.41) is 0. The number of halogens is 1. The van der Waals surface area contributed by atoms with Gasteiger partial charge in [-0.1, -0.05) is 6.07 Å². The molecule has 0 N–H and O–H groups in total. The van der Waals surface area contributed by atoms with E-state index in [2.05, 4.69) is 0 Å². The lowest BCUT2D eigenvalue weighted by Crippen LogP contribution is -1.93. The number of hydrogen-bond acceptors (Lipinski definition) is 1. The molecule has 0 atom stereocenters. The van der Waals surface area contributed by atoms with Crippen molar-refractivity contribution >= 4 is 11.3 Å². The first kappa shape index (κ1) is 7.98. The molecule has 0 spiro atoms. The average Bonchev–Trinajstić information content (AvgIpc) is 2.39. The Morgan fingerprint density at radius 1 is 1.46 bits per heavy atom. The first-order valence-electron chi connectivity index (χ1n) is 3.96. The van der Waals surface area contributed by atoms with Crippen LogP contribution in [0.2, 0.25) is 0 Å². The Morgan fingerprint density at radius 2 is 2.23 bits per heavy atom. The molecule has 0 saturated carbocycles. The molecule has 0 radical (unpaired) electrons. The molecule has 13 heavy (non-hydrogen) atoms. The van der Waals surface area contributed by atoms with Crippen LogP contribution in [0.25, 0.3) is 5.52 Å². The van der Waals surface area contributed by atoms with Gasteiger partial charge >= 0.3 is 0 Å². The maximum Gasteiger partial charge on any atom is 0.164 e. The van der Waals surface area contributed by atoms with Crippen molar-refractivity contribution in [1.82, 2.24) is 4.40 Å². The first-order chi connectivity index (χ1) is 6.20. The predicted octanol–water partition coefficient (Wildman–Crippen LogP) is 2.28. The Balaban J connectivity index is 2.86. The predicted molar refractivity (Wildman–Crippen MR) is 47.4 cm³/mol. The molecule has 0 aliphatic rings. The summed E-state index contributed by atoms with van der Waals surface area (Å²) in [6.45, 7) is 1.37. The molecule has 3 heteroatoms. The number of carbonyl (C=O) groups excluding carboxylic acids is 1. The minimum absolute atomic E-state index is 0.167. The second-order valence-corrected chi connectivity index (χ2v) is 2.90. The van der Waals surface area contributed by atoms with Gasteiger partial charge in [-0.15, -0.1) is 0 Å². The van der Waals surface area contributed by atoms with E-state index in [1.165, 1.54) is 13.1 Å². The molecule has 2 aromatic heterocycles. The van der Waals surface area contributed by atoms with Crippen LogP contribution in [0.3, 0.4) is 0 Å². The Hall–Kier alpha value is -1.64. The van der Waals surface area contributed by atoms with E-state index in [1.807, 2.05) is 0 Å². The normalized spacial score (nSPS) is 10.6. The number of hydrogen-bond donors (Lipinski definition) is 0. The molecule has 66 valence electrons. The highest BCUT2D eigenvalue weighted by atomic mass is 19.1. The standard InChI is InChI=1S/C10H8FNO/c1-7(13)10-8(11)6-12-5-3-2-4-9(10)12/h2-6H,1H3. The minimum Gasteiger partial charge on any atom is -0.320 e. The van der Waals surface area contributed by atoms with Crippen LogP contribution in [0, 0.1) is 5.82 Å². The molecule has 0 aromatic carbocycles. The fraction of sp³-hybridized carbons (Fsp3) is 0.100. The summed E-state index contributed by atoms with van der Waals surface area (Å²) in [7, 11) is 0. The summed E-state index contributed by atoms with van der Waals surface area (Å²) >= 11 is 0. The molecular formula is C10H8FNO. The van der Waals surface area contributed by atoms with Gasteiger partial charge in [0.25, 0.3) is 0 Å². The molecule has 0 amide bonds. The minimum atomic E-state index is -0.460. The van der Waals surface area contributed by atoms with Crippen molar-refractivity contribution in [2.24, 2.45) is 0 Å². The molecule has 2 aromatic rings. The van der Waals surface area contributed by atoms with Gasteiger partial charge in [0, 0.05) is 12.4 Å². The van der Waals surface area contributed by atoms with Crippen molar-refractivity contribution in [3.63, 3.8) is 0 Å². The van der Waals surface area contributed by atoms with Gasteiger partial charge in [-0.25, -0.2) is 4.39 Å². The van der Waals surface area contributed by atoms with Crippen LogP contribution in [0.1, 0.15) is 17.3 Å². The van der Waals surface area contributed by atoms with Crippen LogP contribution in [0.4, 0.5) is 4.39 Å². The molecule has 0 aliphatic heterocycles. The molecule has 0 aliphatic carbocycles. The number of pyridine rings is 1. The van der Waals surface area contributed by atoms with Crippen molar-refractivity contribution in [3.05, 3.63) is 42.0 Å². The van der Waals surface area contributed by atoms with Gasteiger partial charge in [-0.2, -0.15) is 0 Å². The highest BCUT2D eigenvalue weighted by Crippen LogP contribution is 2.17. The lowest BCUT2D eigenvalue weighted by molar-refractivity contribution is 0.101. The number of carbonyl (C=O) groups is 1. The number of rotatable bonds is 1. The molecule has 2 nitrogen and oxygen atoms in total. The van der Waals surface area contributed by atoms with E-state index >= 15 is 0 Å². The van der Waals surface area contributed by atoms with Crippen LogP contribution in [-0.4, -0.2) is 10.2 Å². The zero-order valence-corrected chi connectivity index (χ0v) is 7.12. The van der Waals surface area contributed by atoms with Crippen molar-refractivity contribution < 1.29 is 9.18 Å². The fourth-order valence-corrected chi connectivity index (χ4v) is 1.44. The zero-order chi connectivity index (χ0) is 9.42. The molecule has 0 unspecified atom stereocenters. The third-order valence-corrected chi connectivity index (χ3v) is 1.99. The second-order valence-electron chi connectivity index (χ2n) is 2.90. The van der Waals surface area contributed by atoms with Gasteiger partial charge < -0.3 is 4.40 Å². The van der Waals surface area contributed by atoms with Gasteiger partial charge in [0.2, 0.25) is 0 Å². The lowest BCUT2D eigenvalue weighted by Gasteiger charge is -1.93. The van der Waals surface area contributed by atoms with E-state index in [0.717, 1.165) is 0 Å². The molecule has 2 heterocycles. The summed E-state index contributed by atoms with van der Waals surface area (Å²) in [5.74, 6) is -0.704. The van der Waals surface area contributed by atoms with E-state index < -0.39 is 5.82 Å². The summed E-state index contributed by atoms with van der Waals surface area (Å²) in [4.78, 5) is 11.1. The Morgan fingerprint density at radius 3 is 2.92 bits per heavy atom. The SMILES string of the molecule is CC(=O)c1c(F)cn2ccccc12. The van der Waals surface area contributed by atoms with Gasteiger partial charge in [0.15, 0.2) is 11.6 Å². The molecule has 0 bridgehead atoms. The van der Waals surface area contributed by atoms with Gasteiger partial charge in [-0.3, -0.25) is 4.79 Å². The number of Topliss-reactive ketones (excluding diaryl/α,β-unsaturated/α-hetero) is 1. The Labute approximate surface area is 74.6 Å². The third-order valence-electron chi connectivity index (χ3n) is 1.99. The maximum atomic E-state index is 13.2. The highest BCUT2D eigenvalue weighted by molar-refractivity contribution is 6.01. The van der Waals surface area contributed by atoms with Gasteiger partial charge in [0.1, 0.15) is 0 Å². The monoisotopic (exact) mass is 177 g/mol. The van der Waals surface area contributed by atoms with Crippen LogP contribution in [-0.2, 0) is 0 Å². The number of aromatic nitrogens is 1. The van der Waals surface area contributed by atoms with Crippen molar-refractivity contribution in [2.45, 2.75) is 6.92 Å². The fourth-order valence-electron chi connectivity index (χ4n) is 1.44. The van der Waals surface area contributed by atoms with Crippen molar-refractivity contribution in [3.8, 4) is 0 Å². The van der Waals surface area contributed by atoms with E-state index in [0.29, 0.717) is 5.52 Å². The van der Waals surface area contributed by atoms with Crippen LogP contribution >= 0.6 is 0 Å². The number of fused-ring (bicyclic) bond motifs is 1. The topological polar surface area (TPSA) is 21.5 Å². The number of nitrogens with zero attached hydrogens (tertiary/aromatic N) is 1. The van der Waals surface area contributed by atoms with Gasteiger partial charge in [-0.05, 0) is 19.1 Å². The zero-order valence-electron chi connectivity index (χ0n) is 7.12. The maximum absolute atomic E-state index is 13.2. The molecule has 0 saturated heterocycles. The van der Waals surface area contributed by atoms with Crippen molar-refractivity contribution in [2.75, 3.05) is 0 Å². The third kappa shape index (κ3) is 1.13. The van der Waals surface area contributed by atoms with Crippen LogP contribution in [0.5, 0.6) is 0 Å². The van der Waals surface area contributed by atoms with Crippen molar-refractivity contribution in [1.29, 1.82) is 0 Å². The number of ketones is 1. The quantitative estimate of drug-likeness (QED) is 0.612. The Kier molecular flexibility index (Phi) is 1.65. The van der Waals surface area contributed by atoms with E-state index in [4.69, 9.17) is 0 Å². The summed E-state index contributed by atoms with van der Waals surface area (Å²) < 4.78 is 14.8. The summed E-state index contributed by atoms with van der Waals surface area (Å²) in [6, 6.07) is 5.29. The molecule has 0 fully saturated rings. The van der Waals surface area contributed by atoms with Crippen LogP contribution in [0.15, 0.2) is 30.6 Å². The Bertz CT molecular complexity index is 473. The molecule has 2 rings (SSSR count). The van der Waals surface area contributed by atoms with E-state index in [1.54, 1.807) is 28.8 Å². The highest BCUT2D eigenvalue weighted by Gasteiger charge is 2.13. The first-order valence-corrected chi connectivity index (χ1v) is 3.96. The summed E-state index contributed by atoms with van der Waals surface area (Å²) in [5.41, 5.74) is 0.785. The van der Waals surface area contributed by atoms with Gasteiger partial charge in [0.05, 0.1) is 11.1 Å². The molecular weight excluding hydrogens is 169 g/mol. The lowest BCUT2D eigenvalue weighted by atomic mass is 10.2. The summed E-state index contributed by atoms with van der Waals surface area (Å²) in [6.07, 6.45) is 3.02. The largest absolute Gasteiger partial charge is 0.320 e. The van der Waals surface area contributed by atoms with E-state index in [9.17, 15) is 9.18 Å². The second kappa shape index (κ2) is 2.69. The average molecular weight is 177 g/mol. The van der Waals surface area contributed by atoms with E-state index in [-0.39, 0.29) is 11.3 Å². The van der Waals surface area contributed by atoms with Crippen LogP contribution < -0.4 is 0 Å².